The second-order valence-electron chi connectivity index (χ2n) is 8.11. The molecule has 1 aliphatic carbocycles. The van der Waals surface area contributed by atoms with Crippen molar-refractivity contribution in [2.75, 3.05) is 38.3 Å². The Bertz CT molecular complexity index is 793. The molecule has 29 heavy (non-hydrogen) atoms. The minimum Gasteiger partial charge on any atom is -0.383 e. The number of hydrogen-bond donors (Lipinski definition) is 0. The van der Waals surface area contributed by atoms with E-state index in [0.29, 0.717) is 19.7 Å². The fourth-order valence-corrected chi connectivity index (χ4v) is 4.53. The van der Waals surface area contributed by atoms with E-state index in [9.17, 15) is 4.79 Å². The summed E-state index contributed by atoms with van der Waals surface area (Å²) in [4.78, 5) is 17.5. The van der Waals surface area contributed by atoms with Crippen LogP contribution in [0.5, 0.6) is 0 Å². The van der Waals surface area contributed by atoms with Gasteiger partial charge in [0.25, 0.3) is 0 Å². The van der Waals surface area contributed by atoms with E-state index in [2.05, 4.69) is 10.1 Å². The lowest BCUT2D eigenvalue weighted by atomic mass is 10.0. The molecule has 0 unspecified atom stereocenters. The number of hydrogen-bond acceptors (Lipinski definition) is 5. The lowest BCUT2D eigenvalue weighted by molar-refractivity contribution is -0.136. The quantitative estimate of drug-likeness (QED) is 0.671. The maximum absolute atomic E-state index is 13.3. The highest BCUT2D eigenvalue weighted by Crippen LogP contribution is 2.35. The van der Waals surface area contributed by atoms with Gasteiger partial charge in [-0.25, -0.2) is 0 Å². The molecule has 1 aromatic carbocycles. The first-order valence-electron chi connectivity index (χ1n) is 10.8. The van der Waals surface area contributed by atoms with Crippen LogP contribution in [-0.2, 0) is 16.1 Å². The van der Waals surface area contributed by atoms with Crippen molar-refractivity contribution in [2.24, 2.45) is 5.92 Å². The summed E-state index contributed by atoms with van der Waals surface area (Å²) in [5.74, 6) is 1.21. The van der Waals surface area contributed by atoms with Crippen LogP contribution in [0.15, 0.2) is 34.9 Å². The zero-order chi connectivity index (χ0) is 20.1. The molecule has 4 rings (SSSR count). The van der Waals surface area contributed by atoms with Gasteiger partial charge < -0.3 is 19.1 Å². The van der Waals surface area contributed by atoms with Gasteiger partial charge in [-0.1, -0.05) is 48.3 Å². The maximum Gasteiger partial charge on any atom is 0.232 e. The SMILES string of the molecule is COCCN(Cc1c(-c2ccccc2)noc1N1CCCC1)C(=O)C1CCCC1. The first kappa shape index (κ1) is 20.0. The van der Waals surface area contributed by atoms with Gasteiger partial charge in [-0.15, -0.1) is 0 Å². The minimum atomic E-state index is 0.141. The van der Waals surface area contributed by atoms with E-state index in [4.69, 9.17) is 9.26 Å². The third-order valence-corrected chi connectivity index (χ3v) is 6.14. The second kappa shape index (κ2) is 9.44. The molecule has 0 radical (unpaired) electrons. The maximum atomic E-state index is 13.3. The molecule has 2 aliphatic rings. The van der Waals surface area contributed by atoms with E-state index in [-0.39, 0.29) is 11.8 Å². The first-order chi connectivity index (χ1) is 14.3. The standard InChI is InChI=1S/C23H31N3O3/c1-28-16-15-26(22(27)19-11-5-6-12-19)17-20-21(18-9-3-2-4-10-18)24-29-23(20)25-13-7-8-14-25/h2-4,9-10,19H,5-8,11-17H2,1H3. The lowest BCUT2D eigenvalue weighted by Crippen LogP contribution is -2.37. The molecule has 0 atom stereocenters. The summed E-state index contributed by atoms with van der Waals surface area (Å²) in [6.45, 7) is 3.59. The fraction of sp³-hybridized carbons (Fsp3) is 0.565. The van der Waals surface area contributed by atoms with Gasteiger partial charge in [0.05, 0.1) is 18.7 Å². The minimum absolute atomic E-state index is 0.141. The fourth-order valence-electron chi connectivity index (χ4n) is 4.53. The monoisotopic (exact) mass is 397 g/mol. The molecule has 156 valence electrons. The van der Waals surface area contributed by atoms with Crippen LogP contribution in [0.3, 0.4) is 0 Å². The Hall–Kier alpha value is -2.34. The number of aromatic nitrogens is 1. The highest BCUT2D eigenvalue weighted by atomic mass is 16.5. The molecule has 6 nitrogen and oxygen atoms in total. The summed E-state index contributed by atoms with van der Waals surface area (Å²) in [6, 6.07) is 10.1. The Morgan fingerprint density at radius 1 is 1.17 bits per heavy atom. The van der Waals surface area contributed by atoms with Crippen LogP contribution in [-0.4, -0.2) is 49.3 Å². The predicted octanol–water partition coefficient (Wildman–Crippen LogP) is 4.11. The molecular weight excluding hydrogens is 366 g/mol. The van der Waals surface area contributed by atoms with Gasteiger partial charge in [0.15, 0.2) is 0 Å². The smallest absolute Gasteiger partial charge is 0.232 e. The number of benzene rings is 1. The third-order valence-electron chi connectivity index (χ3n) is 6.14. The van der Waals surface area contributed by atoms with Crippen molar-refractivity contribution in [1.82, 2.24) is 10.1 Å². The van der Waals surface area contributed by atoms with Crippen LogP contribution in [0, 0.1) is 5.92 Å². The van der Waals surface area contributed by atoms with Crippen molar-refractivity contribution in [3.63, 3.8) is 0 Å². The molecule has 2 heterocycles. The summed E-state index contributed by atoms with van der Waals surface area (Å²) < 4.78 is 11.2. The third kappa shape index (κ3) is 4.47. The molecule has 0 N–H and O–H groups in total. The van der Waals surface area contributed by atoms with E-state index in [1.165, 1.54) is 0 Å². The van der Waals surface area contributed by atoms with Gasteiger partial charge in [0, 0.05) is 38.2 Å². The summed E-state index contributed by atoms with van der Waals surface area (Å²) >= 11 is 0. The van der Waals surface area contributed by atoms with Crippen LogP contribution in [0.4, 0.5) is 5.88 Å². The van der Waals surface area contributed by atoms with Crippen LogP contribution < -0.4 is 4.90 Å². The van der Waals surface area contributed by atoms with Crippen LogP contribution in [0.1, 0.15) is 44.1 Å². The Labute approximate surface area is 172 Å². The molecule has 1 saturated heterocycles. The highest BCUT2D eigenvalue weighted by molar-refractivity contribution is 5.80. The van der Waals surface area contributed by atoms with Crippen molar-refractivity contribution in [3.8, 4) is 11.3 Å². The number of rotatable bonds is 8. The highest BCUT2D eigenvalue weighted by Gasteiger charge is 2.31. The largest absolute Gasteiger partial charge is 0.383 e. The number of nitrogens with zero attached hydrogens (tertiary/aromatic N) is 3. The van der Waals surface area contributed by atoms with Gasteiger partial charge in [0.2, 0.25) is 11.8 Å². The normalized spacial score (nSPS) is 17.2. The number of anilines is 1. The Morgan fingerprint density at radius 2 is 1.90 bits per heavy atom. The zero-order valence-corrected chi connectivity index (χ0v) is 17.3. The van der Waals surface area contributed by atoms with Crippen LogP contribution >= 0.6 is 0 Å². The van der Waals surface area contributed by atoms with E-state index in [1.54, 1.807) is 7.11 Å². The Kier molecular flexibility index (Phi) is 6.49. The summed E-state index contributed by atoms with van der Waals surface area (Å²) in [6.07, 6.45) is 6.61. The average Bonchev–Trinajstić information content (AvgIpc) is 3.52. The number of carbonyl (C=O) groups is 1. The first-order valence-corrected chi connectivity index (χ1v) is 10.8. The van der Waals surface area contributed by atoms with Gasteiger partial charge in [-0.05, 0) is 25.7 Å². The van der Waals surface area contributed by atoms with Gasteiger partial charge in [-0.3, -0.25) is 4.79 Å². The molecule has 1 saturated carbocycles. The summed E-state index contributed by atoms with van der Waals surface area (Å²) in [7, 11) is 1.68. The van der Waals surface area contributed by atoms with E-state index >= 15 is 0 Å². The zero-order valence-electron chi connectivity index (χ0n) is 17.3. The molecule has 2 fully saturated rings. The van der Waals surface area contributed by atoms with Crippen molar-refractivity contribution < 1.29 is 14.1 Å². The molecular formula is C23H31N3O3. The Morgan fingerprint density at radius 3 is 2.59 bits per heavy atom. The molecule has 1 amide bonds. The molecule has 1 aromatic heterocycles. The van der Waals surface area contributed by atoms with Crippen LogP contribution in [0.25, 0.3) is 11.3 Å². The predicted molar refractivity (Wildman–Crippen MR) is 113 cm³/mol. The van der Waals surface area contributed by atoms with E-state index < -0.39 is 0 Å². The molecule has 6 heteroatoms. The molecule has 1 aliphatic heterocycles. The number of ether oxygens (including phenoxy) is 1. The number of methoxy groups -OCH3 is 1. The lowest BCUT2D eigenvalue weighted by Gasteiger charge is -2.26. The van der Waals surface area contributed by atoms with E-state index in [0.717, 1.165) is 74.3 Å². The second-order valence-corrected chi connectivity index (χ2v) is 8.11. The average molecular weight is 398 g/mol. The van der Waals surface area contributed by atoms with Gasteiger partial charge in [-0.2, -0.15) is 0 Å². The number of amides is 1. The van der Waals surface area contributed by atoms with Crippen LogP contribution in [0.2, 0.25) is 0 Å². The molecule has 0 bridgehead atoms. The topological polar surface area (TPSA) is 58.8 Å². The molecule has 2 aromatic rings. The summed E-state index contributed by atoms with van der Waals surface area (Å²) in [5.41, 5.74) is 2.88. The van der Waals surface area contributed by atoms with Crippen molar-refractivity contribution >= 4 is 11.8 Å². The van der Waals surface area contributed by atoms with Crippen molar-refractivity contribution in [1.29, 1.82) is 0 Å². The Balaban J connectivity index is 1.66. The van der Waals surface area contributed by atoms with E-state index in [1.807, 2.05) is 35.2 Å². The summed E-state index contributed by atoms with van der Waals surface area (Å²) in [5, 5.41) is 4.44. The van der Waals surface area contributed by atoms with Gasteiger partial charge in [0.1, 0.15) is 5.69 Å². The number of carbonyl (C=O) groups excluding carboxylic acids is 1. The van der Waals surface area contributed by atoms with Crippen molar-refractivity contribution in [3.05, 3.63) is 35.9 Å². The van der Waals surface area contributed by atoms with Gasteiger partial charge >= 0.3 is 0 Å². The van der Waals surface area contributed by atoms with Crippen molar-refractivity contribution in [2.45, 2.75) is 45.1 Å². The molecule has 0 spiro atoms.